The van der Waals surface area contributed by atoms with E-state index in [2.05, 4.69) is 24.9 Å². The maximum Gasteiger partial charge on any atom is 0.137 e. The zero-order valence-electron chi connectivity index (χ0n) is 10.9. The molecule has 1 aliphatic rings. The number of hydrogen-bond donors (Lipinski definition) is 1. The minimum atomic E-state index is 0.247. The molecule has 2 atom stereocenters. The van der Waals surface area contributed by atoms with E-state index < -0.39 is 0 Å². The zero-order chi connectivity index (χ0) is 12.5. The molecule has 1 fully saturated rings. The molecule has 1 saturated carbocycles. The van der Waals surface area contributed by atoms with Gasteiger partial charge in [0.2, 0.25) is 0 Å². The number of nitrogens with zero attached hydrogens (tertiary/aromatic N) is 1. The molecule has 2 rings (SSSR count). The van der Waals surface area contributed by atoms with Crippen LogP contribution >= 0.6 is 0 Å². The Bertz CT molecular complexity index is 390. The summed E-state index contributed by atoms with van der Waals surface area (Å²) in [5.41, 5.74) is 7.85. The molecule has 0 aliphatic heterocycles. The number of methoxy groups -OCH3 is 1. The van der Waals surface area contributed by atoms with Gasteiger partial charge in [0, 0.05) is 18.2 Å². The number of aromatic nitrogens is 1. The van der Waals surface area contributed by atoms with Gasteiger partial charge in [0.05, 0.1) is 13.3 Å². The van der Waals surface area contributed by atoms with Gasteiger partial charge in [0.15, 0.2) is 0 Å². The third kappa shape index (κ3) is 2.78. The molecule has 0 amide bonds. The van der Waals surface area contributed by atoms with Gasteiger partial charge >= 0.3 is 0 Å². The molecular formula is C14H22N2O. The first kappa shape index (κ1) is 12.4. The number of ether oxygens (including phenoxy) is 1. The van der Waals surface area contributed by atoms with Gasteiger partial charge < -0.3 is 10.5 Å². The zero-order valence-corrected chi connectivity index (χ0v) is 10.9. The van der Waals surface area contributed by atoms with Crippen molar-refractivity contribution in [3.8, 4) is 5.75 Å². The van der Waals surface area contributed by atoms with Crippen molar-refractivity contribution in [2.45, 2.75) is 45.1 Å². The molecule has 3 heteroatoms. The third-order valence-corrected chi connectivity index (χ3v) is 3.84. The molecule has 2 N–H and O–H groups in total. The molecule has 1 heterocycles. The fourth-order valence-corrected chi connectivity index (χ4v) is 2.72. The van der Waals surface area contributed by atoms with Crippen LogP contribution in [-0.4, -0.2) is 18.1 Å². The number of rotatable bonds is 2. The molecule has 0 bridgehead atoms. The van der Waals surface area contributed by atoms with E-state index in [0.717, 1.165) is 18.6 Å². The van der Waals surface area contributed by atoms with Crippen LogP contribution in [0.2, 0.25) is 0 Å². The van der Waals surface area contributed by atoms with Crippen molar-refractivity contribution in [2.24, 2.45) is 11.1 Å². The van der Waals surface area contributed by atoms with Crippen molar-refractivity contribution in [3.05, 3.63) is 24.0 Å². The van der Waals surface area contributed by atoms with E-state index in [-0.39, 0.29) is 6.04 Å². The summed E-state index contributed by atoms with van der Waals surface area (Å²) in [5.74, 6) is 1.22. The highest BCUT2D eigenvalue weighted by atomic mass is 16.5. The lowest BCUT2D eigenvalue weighted by atomic mass is 9.68. The van der Waals surface area contributed by atoms with Crippen LogP contribution in [-0.2, 0) is 0 Å². The second-order valence-electron chi connectivity index (χ2n) is 5.84. The van der Waals surface area contributed by atoms with E-state index in [9.17, 15) is 0 Å². The van der Waals surface area contributed by atoms with Crippen LogP contribution in [0.25, 0.3) is 0 Å². The number of hydrogen-bond acceptors (Lipinski definition) is 3. The molecule has 0 radical (unpaired) electrons. The van der Waals surface area contributed by atoms with Crippen molar-refractivity contribution >= 4 is 0 Å². The highest BCUT2D eigenvalue weighted by Crippen LogP contribution is 2.43. The van der Waals surface area contributed by atoms with E-state index in [1.165, 1.54) is 12.0 Å². The van der Waals surface area contributed by atoms with Gasteiger partial charge in [-0.15, -0.1) is 0 Å². The normalized spacial score (nSPS) is 27.8. The van der Waals surface area contributed by atoms with Crippen LogP contribution in [0.5, 0.6) is 5.75 Å². The second kappa shape index (κ2) is 4.65. The predicted octanol–water partition coefficient (Wildman–Crippen LogP) is 2.71. The van der Waals surface area contributed by atoms with Crippen molar-refractivity contribution < 1.29 is 4.74 Å². The topological polar surface area (TPSA) is 48.1 Å². The lowest BCUT2D eigenvalue weighted by molar-refractivity contribution is 0.198. The molecule has 0 saturated heterocycles. The summed E-state index contributed by atoms with van der Waals surface area (Å²) < 4.78 is 5.23. The van der Waals surface area contributed by atoms with E-state index >= 15 is 0 Å². The Balaban J connectivity index is 2.24. The SMILES string of the molecule is COc1cncc(C2CC(C)(C)CCC2N)c1. The molecule has 1 aromatic rings. The Morgan fingerprint density at radius 3 is 2.88 bits per heavy atom. The fourth-order valence-electron chi connectivity index (χ4n) is 2.72. The smallest absolute Gasteiger partial charge is 0.137 e. The Morgan fingerprint density at radius 2 is 2.18 bits per heavy atom. The summed E-state index contributed by atoms with van der Waals surface area (Å²) in [6.45, 7) is 4.64. The van der Waals surface area contributed by atoms with E-state index in [1.807, 2.05) is 6.20 Å². The molecule has 17 heavy (non-hydrogen) atoms. The van der Waals surface area contributed by atoms with Gasteiger partial charge in [-0.2, -0.15) is 0 Å². The Morgan fingerprint density at radius 1 is 1.41 bits per heavy atom. The van der Waals surface area contributed by atoms with Gasteiger partial charge in [-0.05, 0) is 36.3 Å². The van der Waals surface area contributed by atoms with Gasteiger partial charge in [0.25, 0.3) is 0 Å². The van der Waals surface area contributed by atoms with Crippen LogP contribution < -0.4 is 10.5 Å². The average molecular weight is 234 g/mol. The summed E-state index contributed by atoms with van der Waals surface area (Å²) in [6, 6.07) is 2.32. The van der Waals surface area contributed by atoms with E-state index in [4.69, 9.17) is 10.5 Å². The van der Waals surface area contributed by atoms with E-state index in [1.54, 1.807) is 13.3 Å². The Kier molecular flexibility index (Phi) is 3.38. The molecule has 0 aromatic carbocycles. The second-order valence-corrected chi connectivity index (χ2v) is 5.84. The average Bonchev–Trinajstić information content (AvgIpc) is 2.32. The molecule has 2 unspecified atom stereocenters. The standard InChI is InChI=1S/C14H22N2O/c1-14(2)5-4-13(15)12(7-14)10-6-11(17-3)9-16-8-10/h6,8-9,12-13H,4-5,7,15H2,1-3H3. The summed E-state index contributed by atoms with van der Waals surface area (Å²) in [5, 5.41) is 0. The molecule has 1 aliphatic carbocycles. The van der Waals surface area contributed by atoms with Crippen LogP contribution in [0.3, 0.4) is 0 Å². The van der Waals surface area contributed by atoms with Crippen molar-refractivity contribution in [2.75, 3.05) is 7.11 Å². The van der Waals surface area contributed by atoms with Crippen LogP contribution in [0, 0.1) is 5.41 Å². The van der Waals surface area contributed by atoms with Gasteiger partial charge in [-0.1, -0.05) is 13.8 Å². The maximum absolute atomic E-state index is 6.26. The van der Waals surface area contributed by atoms with Crippen molar-refractivity contribution in [1.82, 2.24) is 4.98 Å². The number of pyridine rings is 1. The van der Waals surface area contributed by atoms with Gasteiger partial charge in [-0.3, -0.25) is 4.98 Å². The lowest BCUT2D eigenvalue weighted by Crippen LogP contribution is -2.37. The Labute approximate surface area is 103 Å². The largest absolute Gasteiger partial charge is 0.495 e. The highest BCUT2D eigenvalue weighted by Gasteiger charge is 2.34. The molecule has 1 aromatic heterocycles. The molecule has 94 valence electrons. The minimum Gasteiger partial charge on any atom is -0.495 e. The fraction of sp³-hybridized carbons (Fsp3) is 0.643. The lowest BCUT2D eigenvalue weighted by Gasteiger charge is -2.39. The van der Waals surface area contributed by atoms with Crippen LogP contribution in [0.1, 0.15) is 44.6 Å². The first-order chi connectivity index (χ1) is 8.02. The van der Waals surface area contributed by atoms with Crippen LogP contribution in [0.4, 0.5) is 0 Å². The van der Waals surface area contributed by atoms with Gasteiger partial charge in [0.1, 0.15) is 5.75 Å². The highest BCUT2D eigenvalue weighted by molar-refractivity contribution is 5.28. The predicted molar refractivity (Wildman–Crippen MR) is 69.1 cm³/mol. The maximum atomic E-state index is 6.26. The summed E-state index contributed by atoms with van der Waals surface area (Å²) in [6.07, 6.45) is 7.09. The summed E-state index contributed by atoms with van der Waals surface area (Å²) in [7, 11) is 1.67. The quantitative estimate of drug-likeness (QED) is 0.856. The van der Waals surface area contributed by atoms with Crippen molar-refractivity contribution in [1.29, 1.82) is 0 Å². The number of nitrogens with two attached hydrogens (primary N) is 1. The first-order valence-corrected chi connectivity index (χ1v) is 6.26. The summed E-state index contributed by atoms with van der Waals surface area (Å²) >= 11 is 0. The van der Waals surface area contributed by atoms with Gasteiger partial charge in [-0.25, -0.2) is 0 Å². The van der Waals surface area contributed by atoms with Crippen molar-refractivity contribution in [3.63, 3.8) is 0 Å². The molecule has 0 spiro atoms. The minimum absolute atomic E-state index is 0.247. The monoisotopic (exact) mass is 234 g/mol. The molecular weight excluding hydrogens is 212 g/mol. The van der Waals surface area contributed by atoms with E-state index in [0.29, 0.717) is 11.3 Å². The molecule has 3 nitrogen and oxygen atoms in total. The first-order valence-electron chi connectivity index (χ1n) is 6.26. The van der Waals surface area contributed by atoms with Crippen LogP contribution in [0.15, 0.2) is 18.5 Å². The third-order valence-electron chi connectivity index (χ3n) is 3.84. The Hall–Kier alpha value is -1.09. The summed E-state index contributed by atoms with van der Waals surface area (Å²) in [4.78, 5) is 4.23.